The van der Waals surface area contributed by atoms with Crippen molar-refractivity contribution in [1.29, 1.82) is 0 Å². The molecule has 0 saturated carbocycles. The quantitative estimate of drug-likeness (QED) is 0.840. The first-order valence-electron chi connectivity index (χ1n) is 5.55. The topological polar surface area (TPSA) is 72.2 Å². The van der Waals surface area contributed by atoms with Crippen molar-refractivity contribution in [2.45, 2.75) is 5.75 Å². The van der Waals surface area contributed by atoms with Gasteiger partial charge >= 0.3 is 0 Å². The van der Waals surface area contributed by atoms with Crippen LogP contribution >= 0.6 is 15.9 Å². The van der Waals surface area contributed by atoms with E-state index in [9.17, 15) is 8.42 Å². The zero-order chi connectivity index (χ0) is 13.9. The maximum Gasteiger partial charge on any atom is 0.236 e. The summed E-state index contributed by atoms with van der Waals surface area (Å²) in [6, 6.07) is 13.8. The van der Waals surface area contributed by atoms with E-state index in [4.69, 9.17) is 5.73 Å². The molecule has 0 heterocycles. The van der Waals surface area contributed by atoms with E-state index in [-0.39, 0.29) is 5.75 Å². The van der Waals surface area contributed by atoms with E-state index in [1.807, 2.05) is 6.07 Å². The van der Waals surface area contributed by atoms with Crippen LogP contribution in [-0.2, 0) is 15.8 Å². The van der Waals surface area contributed by atoms with E-state index in [1.165, 1.54) is 0 Å². The second-order valence-corrected chi connectivity index (χ2v) is 6.75. The number of hydrogen-bond acceptors (Lipinski definition) is 3. The van der Waals surface area contributed by atoms with E-state index in [2.05, 4.69) is 20.7 Å². The Morgan fingerprint density at radius 3 is 2.53 bits per heavy atom. The van der Waals surface area contributed by atoms with Crippen LogP contribution in [0.15, 0.2) is 53.0 Å². The number of sulfonamides is 1. The lowest BCUT2D eigenvalue weighted by Crippen LogP contribution is -2.15. The maximum absolute atomic E-state index is 12.0. The van der Waals surface area contributed by atoms with Crippen molar-refractivity contribution in [2.24, 2.45) is 0 Å². The molecule has 2 aromatic rings. The molecule has 0 amide bonds. The van der Waals surface area contributed by atoms with Crippen molar-refractivity contribution in [1.82, 2.24) is 0 Å². The molecule has 0 aliphatic rings. The summed E-state index contributed by atoms with van der Waals surface area (Å²) in [4.78, 5) is 0. The smallest absolute Gasteiger partial charge is 0.236 e. The number of rotatable bonds is 4. The van der Waals surface area contributed by atoms with E-state index in [1.54, 1.807) is 42.5 Å². The van der Waals surface area contributed by atoms with Gasteiger partial charge in [-0.1, -0.05) is 34.1 Å². The molecule has 0 atom stereocenters. The van der Waals surface area contributed by atoms with Crippen LogP contribution in [-0.4, -0.2) is 8.42 Å². The van der Waals surface area contributed by atoms with Crippen molar-refractivity contribution in [3.05, 3.63) is 58.6 Å². The normalized spacial score (nSPS) is 11.2. The predicted molar refractivity (Wildman–Crippen MR) is 81.2 cm³/mol. The van der Waals surface area contributed by atoms with Gasteiger partial charge in [0.2, 0.25) is 10.0 Å². The SMILES string of the molecule is Nc1cccc(CS(=O)(=O)Nc2cccc(Br)c2)c1. The standard InChI is InChI=1S/C13H13BrN2O2S/c14-11-4-2-6-13(8-11)16-19(17,18)9-10-3-1-5-12(15)7-10/h1-8,16H,9,15H2. The fourth-order valence-electron chi connectivity index (χ4n) is 1.67. The first kappa shape index (κ1) is 13.9. The Morgan fingerprint density at radius 2 is 1.84 bits per heavy atom. The van der Waals surface area contributed by atoms with Crippen LogP contribution in [0.5, 0.6) is 0 Å². The van der Waals surface area contributed by atoms with E-state index in [0.29, 0.717) is 16.9 Å². The fourth-order valence-corrected chi connectivity index (χ4v) is 3.25. The Morgan fingerprint density at radius 1 is 1.11 bits per heavy atom. The number of benzene rings is 2. The van der Waals surface area contributed by atoms with E-state index >= 15 is 0 Å². The third-order valence-corrected chi connectivity index (χ3v) is 4.16. The van der Waals surface area contributed by atoms with Crippen molar-refractivity contribution >= 4 is 37.3 Å². The molecule has 0 aromatic heterocycles. The minimum atomic E-state index is -3.45. The molecule has 6 heteroatoms. The molecule has 0 aliphatic carbocycles. The Bertz CT molecular complexity index is 633. The summed E-state index contributed by atoms with van der Waals surface area (Å²) >= 11 is 3.29. The average Bonchev–Trinajstić information content (AvgIpc) is 2.27. The summed E-state index contributed by atoms with van der Waals surface area (Å²) < 4.78 is 27.4. The minimum absolute atomic E-state index is 0.107. The van der Waals surface area contributed by atoms with Crippen molar-refractivity contribution in [3.8, 4) is 0 Å². The summed E-state index contributed by atoms with van der Waals surface area (Å²) in [5.41, 5.74) is 7.36. The Hall–Kier alpha value is -1.53. The van der Waals surface area contributed by atoms with E-state index < -0.39 is 10.0 Å². The predicted octanol–water partition coefficient (Wildman–Crippen LogP) is 2.97. The average molecular weight is 341 g/mol. The number of nitrogens with two attached hydrogens (primary N) is 1. The van der Waals surface area contributed by atoms with Gasteiger partial charge in [0.25, 0.3) is 0 Å². The molecule has 4 nitrogen and oxygen atoms in total. The van der Waals surface area contributed by atoms with Gasteiger partial charge in [0.05, 0.1) is 5.75 Å². The van der Waals surface area contributed by atoms with Crippen LogP contribution in [0.25, 0.3) is 0 Å². The highest BCUT2D eigenvalue weighted by atomic mass is 79.9. The van der Waals surface area contributed by atoms with Crippen LogP contribution in [0, 0.1) is 0 Å². The van der Waals surface area contributed by atoms with Gasteiger partial charge in [-0.2, -0.15) is 0 Å². The second kappa shape index (κ2) is 5.63. The molecule has 0 aliphatic heterocycles. The van der Waals surface area contributed by atoms with Crippen LogP contribution in [0.1, 0.15) is 5.56 Å². The van der Waals surface area contributed by atoms with Crippen LogP contribution < -0.4 is 10.5 Å². The Labute approximate surface area is 120 Å². The molecular formula is C13H13BrN2O2S. The number of hydrogen-bond donors (Lipinski definition) is 2. The van der Waals surface area contributed by atoms with Gasteiger partial charge < -0.3 is 5.73 Å². The summed E-state index contributed by atoms with van der Waals surface area (Å²) in [7, 11) is -3.45. The highest BCUT2D eigenvalue weighted by Gasteiger charge is 2.12. The number of anilines is 2. The molecule has 0 unspecified atom stereocenters. The lowest BCUT2D eigenvalue weighted by atomic mass is 10.2. The van der Waals surface area contributed by atoms with Crippen LogP contribution in [0.4, 0.5) is 11.4 Å². The van der Waals surface area contributed by atoms with Gasteiger partial charge in [0.1, 0.15) is 0 Å². The lowest BCUT2D eigenvalue weighted by molar-refractivity contribution is 0.600. The molecule has 0 fully saturated rings. The maximum atomic E-state index is 12.0. The number of nitrogen functional groups attached to an aromatic ring is 1. The Kier molecular flexibility index (Phi) is 4.11. The fraction of sp³-hybridized carbons (Fsp3) is 0.0769. The van der Waals surface area contributed by atoms with Gasteiger partial charge in [-0.05, 0) is 35.9 Å². The Balaban J connectivity index is 2.15. The number of nitrogens with one attached hydrogen (secondary N) is 1. The molecule has 2 aromatic carbocycles. The highest BCUT2D eigenvalue weighted by molar-refractivity contribution is 9.10. The molecule has 0 bridgehead atoms. The third kappa shape index (κ3) is 4.25. The molecule has 2 rings (SSSR count). The van der Waals surface area contributed by atoms with Gasteiger partial charge in [-0.25, -0.2) is 8.42 Å². The number of halogens is 1. The molecule has 100 valence electrons. The van der Waals surface area contributed by atoms with E-state index in [0.717, 1.165) is 4.47 Å². The van der Waals surface area contributed by atoms with Gasteiger partial charge in [-0.15, -0.1) is 0 Å². The van der Waals surface area contributed by atoms with Crippen molar-refractivity contribution < 1.29 is 8.42 Å². The van der Waals surface area contributed by atoms with Crippen LogP contribution in [0.3, 0.4) is 0 Å². The molecule has 3 N–H and O–H groups in total. The third-order valence-electron chi connectivity index (χ3n) is 2.41. The van der Waals surface area contributed by atoms with Gasteiger partial charge in [-0.3, -0.25) is 4.72 Å². The van der Waals surface area contributed by atoms with Crippen LogP contribution in [0.2, 0.25) is 0 Å². The zero-order valence-electron chi connectivity index (χ0n) is 10.0. The molecule has 0 spiro atoms. The van der Waals surface area contributed by atoms with Crippen molar-refractivity contribution in [3.63, 3.8) is 0 Å². The summed E-state index contributed by atoms with van der Waals surface area (Å²) in [5, 5.41) is 0. The molecule has 0 radical (unpaired) electrons. The monoisotopic (exact) mass is 340 g/mol. The lowest BCUT2D eigenvalue weighted by Gasteiger charge is -2.08. The highest BCUT2D eigenvalue weighted by Crippen LogP contribution is 2.18. The first-order valence-corrected chi connectivity index (χ1v) is 8.00. The second-order valence-electron chi connectivity index (χ2n) is 4.12. The van der Waals surface area contributed by atoms with Crippen molar-refractivity contribution in [2.75, 3.05) is 10.5 Å². The minimum Gasteiger partial charge on any atom is -0.399 e. The largest absolute Gasteiger partial charge is 0.399 e. The summed E-state index contributed by atoms with van der Waals surface area (Å²) in [6.07, 6.45) is 0. The van der Waals surface area contributed by atoms with Gasteiger partial charge in [0, 0.05) is 15.8 Å². The molecular weight excluding hydrogens is 328 g/mol. The molecule has 0 saturated heterocycles. The first-order chi connectivity index (χ1) is 8.94. The summed E-state index contributed by atoms with van der Waals surface area (Å²) in [5.74, 6) is -0.107. The zero-order valence-corrected chi connectivity index (χ0v) is 12.4. The summed E-state index contributed by atoms with van der Waals surface area (Å²) in [6.45, 7) is 0. The van der Waals surface area contributed by atoms with Gasteiger partial charge in [0.15, 0.2) is 0 Å². The molecule has 19 heavy (non-hydrogen) atoms.